The number of benzene rings is 1. The number of aromatic nitrogens is 1. The Morgan fingerprint density at radius 2 is 2.05 bits per heavy atom. The number of carbonyl (C=O) groups excluding carboxylic acids is 1. The zero-order chi connectivity index (χ0) is 15.8. The summed E-state index contributed by atoms with van der Waals surface area (Å²) in [5.74, 6) is 0.441. The van der Waals surface area contributed by atoms with Crippen molar-refractivity contribution in [3.05, 3.63) is 60.4 Å². The molecule has 5 nitrogen and oxygen atoms in total. The summed E-state index contributed by atoms with van der Waals surface area (Å²) >= 11 is 0. The summed E-state index contributed by atoms with van der Waals surface area (Å²) in [4.78, 5) is 15.8. The van der Waals surface area contributed by atoms with Gasteiger partial charge in [-0.1, -0.05) is 30.3 Å². The molecule has 5 heteroatoms. The maximum absolute atomic E-state index is 11.9. The SMILES string of the molecule is CC(O)(CC(=O)NCCOc1cccnc1)c1ccccc1. The summed E-state index contributed by atoms with van der Waals surface area (Å²) in [6.45, 7) is 2.36. The maximum atomic E-state index is 11.9. The van der Waals surface area contributed by atoms with Gasteiger partial charge in [0.05, 0.1) is 24.8 Å². The van der Waals surface area contributed by atoms with Crippen LogP contribution in [0.3, 0.4) is 0 Å². The van der Waals surface area contributed by atoms with Crippen LogP contribution in [0.15, 0.2) is 54.9 Å². The van der Waals surface area contributed by atoms with Crippen molar-refractivity contribution in [1.82, 2.24) is 10.3 Å². The first-order valence-corrected chi connectivity index (χ1v) is 7.15. The van der Waals surface area contributed by atoms with Crippen molar-refractivity contribution in [2.75, 3.05) is 13.2 Å². The third-order valence-corrected chi connectivity index (χ3v) is 3.23. The van der Waals surface area contributed by atoms with E-state index in [2.05, 4.69) is 10.3 Å². The quantitative estimate of drug-likeness (QED) is 0.766. The van der Waals surface area contributed by atoms with E-state index in [4.69, 9.17) is 4.74 Å². The average Bonchev–Trinajstić information content (AvgIpc) is 2.53. The molecular formula is C17H20N2O3. The zero-order valence-corrected chi connectivity index (χ0v) is 12.5. The number of nitrogens with zero attached hydrogens (tertiary/aromatic N) is 1. The van der Waals surface area contributed by atoms with E-state index >= 15 is 0 Å². The third-order valence-electron chi connectivity index (χ3n) is 3.23. The lowest BCUT2D eigenvalue weighted by molar-refractivity contribution is -0.125. The molecule has 0 bridgehead atoms. The molecule has 0 spiro atoms. The Balaban J connectivity index is 1.74. The van der Waals surface area contributed by atoms with E-state index < -0.39 is 5.60 Å². The molecule has 1 heterocycles. The second kappa shape index (κ2) is 7.56. The Morgan fingerprint density at radius 1 is 1.27 bits per heavy atom. The summed E-state index contributed by atoms with van der Waals surface area (Å²) in [6.07, 6.45) is 3.28. The molecule has 1 atom stereocenters. The molecule has 2 aromatic rings. The van der Waals surface area contributed by atoms with E-state index in [1.165, 1.54) is 0 Å². The normalized spacial score (nSPS) is 13.2. The Kier molecular flexibility index (Phi) is 5.49. The standard InChI is InChI=1S/C17H20N2O3/c1-17(21,14-6-3-2-4-7-14)12-16(20)19-10-11-22-15-8-5-9-18-13-15/h2-9,13,21H,10-12H2,1H3,(H,19,20). The summed E-state index contributed by atoms with van der Waals surface area (Å²) in [5, 5.41) is 13.1. The summed E-state index contributed by atoms with van der Waals surface area (Å²) in [7, 11) is 0. The van der Waals surface area contributed by atoms with E-state index in [-0.39, 0.29) is 12.3 Å². The van der Waals surface area contributed by atoms with Crippen LogP contribution in [0.25, 0.3) is 0 Å². The summed E-state index contributed by atoms with van der Waals surface area (Å²) in [5.41, 5.74) is -0.466. The first-order chi connectivity index (χ1) is 10.6. The minimum atomic E-state index is -1.18. The molecule has 1 aromatic carbocycles. The first-order valence-electron chi connectivity index (χ1n) is 7.15. The minimum absolute atomic E-state index is 0.00387. The van der Waals surface area contributed by atoms with Crippen LogP contribution in [0.5, 0.6) is 5.75 Å². The van der Waals surface area contributed by atoms with Crippen molar-refractivity contribution in [2.45, 2.75) is 18.9 Å². The average molecular weight is 300 g/mol. The van der Waals surface area contributed by atoms with E-state index in [1.54, 1.807) is 43.6 Å². The van der Waals surface area contributed by atoms with Gasteiger partial charge >= 0.3 is 0 Å². The Hall–Kier alpha value is -2.40. The van der Waals surface area contributed by atoms with Crippen LogP contribution in [-0.4, -0.2) is 29.1 Å². The predicted molar refractivity (Wildman–Crippen MR) is 83.4 cm³/mol. The molecule has 2 rings (SSSR count). The van der Waals surface area contributed by atoms with E-state index in [1.807, 2.05) is 18.2 Å². The number of pyridine rings is 1. The molecule has 1 aromatic heterocycles. The van der Waals surface area contributed by atoms with Gasteiger partial charge in [0.15, 0.2) is 0 Å². The van der Waals surface area contributed by atoms with Crippen LogP contribution >= 0.6 is 0 Å². The number of nitrogens with one attached hydrogen (secondary N) is 1. The molecule has 0 aliphatic heterocycles. The number of aliphatic hydroxyl groups is 1. The van der Waals surface area contributed by atoms with Crippen molar-refractivity contribution in [3.63, 3.8) is 0 Å². The summed E-state index contributed by atoms with van der Waals surface area (Å²) < 4.78 is 5.43. The monoisotopic (exact) mass is 300 g/mol. The second-order valence-corrected chi connectivity index (χ2v) is 5.20. The van der Waals surface area contributed by atoms with Crippen LogP contribution in [0, 0.1) is 0 Å². The van der Waals surface area contributed by atoms with Crippen LogP contribution < -0.4 is 10.1 Å². The Morgan fingerprint density at radius 3 is 2.73 bits per heavy atom. The fourth-order valence-electron chi connectivity index (χ4n) is 2.07. The zero-order valence-electron chi connectivity index (χ0n) is 12.5. The van der Waals surface area contributed by atoms with Gasteiger partial charge in [-0.05, 0) is 24.6 Å². The van der Waals surface area contributed by atoms with Gasteiger partial charge in [-0.25, -0.2) is 0 Å². The Bertz CT molecular complexity index is 585. The van der Waals surface area contributed by atoms with Crippen LogP contribution in [0.4, 0.5) is 0 Å². The number of carbonyl (C=O) groups is 1. The highest BCUT2D eigenvalue weighted by atomic mass is 16.5. The first kappa shape index (κ1) is 16.0. The van der Waals surface area contributed by atoms with E-state index in [9.17, 15) is 9.90 Å². The van der Waals surface area contributed by atoms with Gasteiger partial charge in [-0.2, -0.15) is 0 Å². The topological polar surface area (TPSA) is 71.5 Å². The molecule has 0 saturated carbocycles. The van der Waals surface area contributed by atoms with Gasteiger partial charge in [-0.3, -0.25) is 9.78 Å². The largest absolute Gasteiger partial charge is 0.490 e. The van der Waals surface area contributed by atoms with Crippen LogP contribution in [0.1, 0.15) is 18.9 Å². The van der Waals surface area contributed by atoms with Crippen LogP contribution in [-0.2, 0) is 10.4 Å². The van der Waals surface area contributed by atoms with Gasteiger partial charge in [0, 0.05) is 6.20 Å². The number of amides is 1. The lowest BCUT2D eigenvalue weighted by Crippen LogP contribution is -2.34. The number of ether oxygens (including phenoxy) is 1. The summed E-state index contributed by atoms with van der Waals surface area (Å²) in [6, 6.07) is 12.7. The molecule has 0 saturated heterocycles. The maximum Gasteiger partial charge on any atom is 0.223 e. The molecule has 1 amide bonds. The highest BCUT2D eigenvalue weighted by Crippen LogP contribution is 2.23. The molecule has 0 radical (unpaired) electrons. The molecular weight excluding hydrogens is 280 g/mol. The van der Waals surface area contributed by atoms with Crippen molar-refractivity contribution in [1.29, 1.82) is 0 Å². The number of rotatable bonds is 7. The van der Waals surface area contributed by atoms with Crippen molar-refractivity contribution >= 4 is 5.91 Å². The number of hydrogen-bond acceptors (Lipinski definition) is 4. The van der Waals surface area contributed by atoms with Crippen molar-refractivity contribution in [2.24, 2.45) is 0 Å². The molecule has 1 unspecified atom stereocenters. The van der Waals surface area contributed by atoms with Gasteiger partial charge in [0.1, 0.15) is 12.4 Å². The van der Waals surface area contributed by atoms with E-state index in [0.717, 1.165) is 5.56 Å². The molecule has 2 N–H and O–H groups in total. The predicted octanol–water partition coefficient (Wildman–Crippen LogP) is 1.87. The fraction of sp³-hybridized carbons (Fsp3) is 0.294. The second-order valence-electron chi connectivity index (χ2n) is 5.20. The lowest BCUT2D eigenvalue weighted by atomic mass is 9.92. The highest BCUT2D eigenvalue weighted by Gasteiger charge is 2.26. The van der Waals surface area contributed by atoms with Crippen molar-refractivity contribution < 1.29 is 14.6 Å². The molecule has 0 aliphatic carbocycles. The number of hydrogen-bond donors (Lipinski definition) is 2. The van der Waals surface area contributed by atoms with Gasteiger partial charge in [-0.15, -0.1) is 0 Å². The Labute approximate surface area is 130 Å². The smallest absolute Gasteiger partial charge is 0.223 e. The van der Waals surface area contributed by atoms with Gasteiger partial charge < -0.3 is 15.2 Å². The fourth-order valence-corrected chi connectivity index (χ4v) is 2.07. The van der Waals surface area contributed by atoms with Crippen molar-refractivity contribution in [3.8, 4) is 5.75 Å². The molecule has 0 fully saturated rings. The minimum Gasteiger partial charge on any atom is -0.490 e. The molecule has 22 heavy (non-hydrogen) atoms. The van der Waals surface area contributed by atoms with Gasteiger partial charge in [0.2, 0.25) is 5.91 Å². The lowest BCUT2D eigenvalue weighted by Gasteiger charge is -2.23. The molecule has 0 aliphatic rings. The van der Waals surface area contributed by atoms with Crippen LogP contribution in [0.2, 0.25) is 0 Å². The van der Waals surface area contributed by atoms with E-state index in [0.29, 0.717) is 18.9 Å². The molecule has 116 valence electrons. The third kappa shape index (κ3) is 4.86. The highest BCUT2D eigenvalue weighted by molar-refractivity contribution is 5.77. The van der Waals surface area contributed by atoms with Gasteiger partial charge in [0.25, 0.3) is 0 Å².